The van der Waals surface area contributed by atoms with E-state index in [4.69, 9.17) is 11.6 Å². The highest BCUT2D eigenvalue weighted by atomic mass is 35.5. The molecule has 156 valence electrons. The highest BCUT2D eigenvalue weighted by Crippen LogP contribution is 2.27. The summed E-state index contributed by atoms with van der Waals surface area (Å²) >= 11 is 5.97. The van der Waals surface area contributed by atoms with Crippen molar-refractivity contribution in [2.45, 2.75) is 30.5 Å². The van der Waals surface area contributed by atoms with Crippen LogP contribution >= 0.6 is 11.6 Å². The molecule has 1 aromatic heterocycles. The minimum atomic E-state index is -3.96. The fraction of sp³-hybridized carbons (Fsp3) is 0.238. The molecule has 1 fully saturated rings. The number of benzene rings is 2. The van der Waals surface area contributed by atoms with Crippen LogP contribution in [0.25, 0.3) is 0 Å². The number of sulfonamides is 1. The molecule has 30 heavy (non-hydrogen) atoms. The third kappa shape index (κ3) is 4.49. The van der Waals surface area contributed by atoms with Crippen LogP contribution in [-0.2, 0) is 23.6 Å². The molecule has 1 N–H and O–H groups in total. The van der Waals surface area contributed by atoms with Gasteiger partial charge in [0.1, 0.15) is 0 Å². The van der Waals surface area contributed by atoms with Gasteiger partial charge in [-0.1, -0.05) is 29.8 Å². The number of hydrogen-bond acceptors (Lipinski definition) is 4. The number of aromatic nitrogens is 2. The minimum absolute atomic E-state index is 0.0631. The molecule has 1 amide bonds. The first-order valence-electron chi connectivity index (χ1n) is 9.49. The Bertz CT molecular complexity index is 1170. The average Bonchev–Trinajstić information content (AvgIpc) is 3.43. The molecule has 0 radical (unpaired) electrons. The fourth-order valence-electron chi connectivity index (χ4n) is 3.00. The van der Waals surface area contributed by atoms with E-state index in [1.165, 1.54) is 16.8 Å². The maximum absolute atomic E-state index is 13.4. The normalized spacial score (nSPS) is 13.8. The van der Waals surface area contributed by atoms with E-state index in [2.05, 4.69) is 10.3 Å². The second kappa shape index (κ2) is 8.12. The van der Waals surface area contributed by atoms with Gasteiger partial charge in [-0.15, -0.1) is 0 Å². The van der Waals surface area contributed by atoms with E-state index in [-0.39, 0.29) is 23.5 Å². The molecule has 1 saturated carbocycles. The van der Waals surface area contributed by atoms with Crippen LogP contribution in [0.15, 0.2) is 66.1 Å². The maximum Gasteiger partial charge on any atom is 0.283 e. The number of nitrogens with zero attached hydrogens (tertiary/aromatic N) is 3. The molecule has 1 aliphatic carbocycles. The van der Waals surface area contributed by atoms with Gasteiger partial charge in [-0.2, -0.15) is 8.42 Å². The number of aryl methyl sites for hydroxylation is 1. The van der Waals surface area contributed by atoms with Crippen LogP contribution in [0.2, 0.25) is 5.02 Å². The SMILES string of the molecule is Cn1cnc(S(=O)(=O)N(Cc2ccc(Cl)cc2)c2cccc(C(=O)NC3CC3)c2)c1. The van der Waals surface area contributed by atoms with E-state index >= 15 is 0 Å². The zero-order chi connectivity index (χ0) is 21.3. The Labute approximate surface area is 180 Å². The number of nitrogens with one attached hydrogen (secondary N) is 1. The largest absolute Gasteiger partial charge is 0.349 e. The number of anilines is 1. The van der Waals surface area contributed by atoms with Gasteiger partial charge in [0.25, 0.3) is 15.9 Å². The lowest BCUT2D eigenvalue weighted by molar-refractivity contribution is 0.0951. The molecule has 4 rings (SSSR count). The quantitative estimate of drug-likeness (QED) is 0.605. The van der Waals surface area contributed by atoms with Gasteiger partial charge in [0.05, 0.1) is 18.6 Å². The van der Waals surface area contributed by atoms with Gasteiger partial charge in [-0.25, -0.2) is 4.98 Å². The Morgan fingerprint density at radius 2 is 1.97 bits per heavy atom. The number of amides is 1. The maximum atomic E-state index is 13.4. The smallest absolute Gasteiger partial charge is 0.283 e. The first-order chi connectivity index (χ1) is 14.3. The molecule has 0 spiro atoms. The second-order valence-electron chi connectivity index (χ2n) is 7.31. The Hall–Kier alpha value is -2.84. The molecule has 0 aliphatic heterocycles. The van der Waals surface area contributed by atoms with Crippen molar-refractivity contribution in [1.82, 2.24) is 14.9 Å². The monoisotopic (exact) mass is 444 g/mol. The van der Waals surface area contributed by atoms with Gasteiger partial charge >= 0.3 is 0 Å². The fourth-order valence-corrected chi connectivity index (χ4v) is 4.55. The van der Waals surface area contributed by atoms with Crippen molar-refractivity contribution in [2.24, 2.45) is 7.05 Å². The summed E-state index contributed by atoms with van der Waals surface area (Å²) in [5.74, 6) is -0.207. The summed E-state index contributed by atoms with van der Waals surface area (Å²) in [6.45, 7) is 0.0732. The van der Waals surface area contributed by atoms with Gasteiger partial charge in [0.15, 0.2) is 5.03 Å². The van der Waals surface area contributed by atoms with E-state index in [9.17, 15) is 13.2 Å². The lowest BCUT2D eigenvalue weighted by Gasteiger charge is -2.24. The molecule has 0 bridgehead atoms. The van der Waals surface area contributed by atoms with Gasteiger partial charge in [0.2, 0.25) is 0 Å². The Morgan fingerprint density at radius 1 is 1.23 bits per heavy atom. The summed E-state index contributed by atoms with van der Waals surface area (Å²) in [5.41, 5.74) is 1.56. The first kappa shape index (κ1) is 20.4. The van der Waals surface area contributed by atoms with Crippen LogP contribution < -0.4 is 9.62 Å². The van der Waals surface area contributed by atoms with Crippen molar-refractivity contribution in [2.75, 3.05) is 4.31 Å². The van der Waals surface area contributed by atoms with Crippen LogP contribution in [0.5, 0.6) is 0 Å². The molecule has 0 unspecified atom stereocenters. The van der Waals surface area contributed by atoms with Crippen LogP contribution in [-0.4, -0.2) is 29.9 Å². The van der Waals surface area contributed by atoms with E-state index in [1.807, 2.05) is 0 Å². The lowest BCUT2D eigenvalue weighted by atomic mass is 10.1. The molecule has 1 aliphatic rings. The van der Waals surface area contributed by atoms with E-state index < -0.39 is 10.0 Å². The Morgan fingerprint density at radius 3 is 2.60 bits per heavy atom. The highest BCUT2D eigenvalue weighted by Gasteiger charge is 2.29. The van der Waals surface area contributed by atoms with Crippen molar-refractivity contribution in [3.05, 3.63) is 77.2 Å². The number of hydrogen-bond donors (Lipinski definition) is 1. The lowest BCUT2D eigenvalue weighted by Crippen LogP contribution is -2.31. The minimum Gasteiger partial charge on any atom is -0.349 e. The van der Waals surface area contributed by atoms with Crippen molar-refractivity contribution in [3.8, 4) is 0 Å². The van der Waals surface area contributed by atoms with E-state index in [1.54, 1.807) is 60.1 Å². The third-order valence-electron chi connectivity index (χ3n) is 4.78. The molecular weight excluding hydrogens is 424 g/mol. The van der Waals surface area contributed by atoms with Gasteiger partial charge in [-0.3, -0.25) is 9.10 Å². The number of carbonyl (C=O) groups excluding carboxylic acids is 1. The zero-order valence-electron chi connectivity index (χ0n) is 16.3. The number of imidazole rings is 1. The predicted octanol–water partition coefficient (Wildman–Crippen LogP) is 3.36. The molecule has 0 atom stereocenters. The topological polar surface area (TPSA) is 84.3 Å². The summed E-state index contributed by atoms with van der Waals surface area (Å²) in [5, 5.41) is 3.43. The standard InChI is InChI=1S/C21H21ClN4O3S/c1-25-13-20(23-14-25)30(28,29)26(12-15-5-7-17(22)8-6-15)19-4-2-3-16(11-19)21(27)24-18-9-10-18/h2-8,11,13-14,18H,9-10,12H2,1H3,(H,24,27). The first-order valence-corrected chi connectivity index (χ1v) is 11.3. The predicted molar refractivity (Wildman–Crippen MR) is 115 cm³/mol. The van der Waals surface area contributed by atoms with E-state index in [0.29, 0.717) is 16.3 Å². The number of rotatable bonds is 7. The van der Waals surface area contributed by atoms with Gasteiger partial charge in [-0.05, 0) is 48.7 Å². The summed E-state index contributed by atoms with van der Waals surface area (Å²) < 4.78 is 29.7. The molecule has 9 heteroatoms. The summed E-state index contributed by atoms with van der Waals surface area (Å²) in [4.78, 5) is 16.5. The molecule has 2 aromatic carbocycles. The van der Waals surface area contributed by atoms with Crippen molar-refractivity contribution < 1.29 is 13.2 Å². The van der Waals surface area contributed by atoms with Gasteiger partial charge < -0.3 is 9.88 Å². The average molecular weight is 445 g/mol. The van der Waals surface area contributed by atoms with E-state index in [0.717, 1.165) is 18.4 Å². The number of halogens is 1. The third-order valence-corrected chi connectivity index (χ3v) is 6.70. The van der Waals surface area contributed by atoms with Crippen LogP contribution in [0, 0.1) is 0 Å². The van der Waals surface area contributed by atoms with Crippen LogP contribution in [0.4, 0.5) is 5.69 Å². The summed E-state index contributed by atoms with van der Waals surface area (Å²) in [6.07, 6.45) is 4.84. The van der Waals surface area contributed by atoms with Crippen molar-refractivity contribution >= 4 is 33.2 Å². The molecule has 1 heterocycles. The summed E-state index contributed by atoms with van der Waals surface area (Å²) in [7, 11) is -2.25. The zero-order valence-corrected chi connectivity index (χ0v) is 17.9. The molecule has 3 aromatic rings. The molecule has 7 nitrogen and oxygen atoms in total. The second-order valence-corrected chi connectivity index (χ2v) is 9.56. The highest BCUT2D eigenvalue weighted by molar-refractivity contribution is 7.92. The summed E-state index contributed by atoms with van der Waals surface area (Å²) in [6, 6.07) is 13.8. The van der Waals surface area contributed by atoms with Crippen molar-refractivity contribution in [3.63, 3.8) is 0 Å². The number of carbonyl (C=O) groups is 1. The van der Waals surface area contributed by atoms with Crippen molar-refractivity contribution in [1.29, 1.82) is 0 Å². The molecule has 0 saturated heterocycles. The Balaban J connectivity index is 1.73. The Kier molecular flexibility index (Phi) is 5.53. The molecular formula is C21H21ClN4O3S. The van der Waals surface area contributed by atoms with Crippen LogP contribution in [0.3, 0.4) is 0 Å². The van der Waals surface area contributed by atoms with Gasteiger partial charge in [0, 0.05) is 29.9 Å². The van der Waals surface area contributed by atoms with Crippen LogP contribution in [0.1, 0.15) is 28.8 Å².